The van der Waals surface area contributed by atoms with Crippen molar-refractivity contribution in [3.05, 3.63) is 35.4 Å². The van der Waals surface area contributed by atoms with Gasteiger partial charge in [-0.2, -0.15) is 0 Å². The van der Waals surface area contributed by atoms with Gasteiger partial charge in [-0.25, -0.2) is 0 Å². The average molecular weight is 191 g/mol. The first-order valence-corrected chi connectivity index (χ1v) is 5.39. The zero-order valence-electron chi connectivity index (χ0n) is 9.72. The molecule has 0 aliphatic heterocycles. The summed E-state index contributed by atoms with van der Waals surface area (Å²) in [4.78, 5) is 0. The quantitative estimate of drug-likeness (QED) is 0.770. The fourth-order valence-electron chi connectivity index (χ4n) is 2.09. The summed E-state index contributed by atoms with van der Waals surface area (Å²) >= 11 is 0. The predicted octanol–water partition coefficient (Wildman–Crippen LogP) is 3.23. The van der Waals surface area contributed by atoms with E-state index in [4.69, 9.17) is 0 Å². The average Bonchev–Trinajstić information content (AvgIpc) is 2.18. The molecule has 0 spiro atoms. The van der Waals surface area contributed by atoms with E-state index in [9.17, 15) is 0 Å². The van der Waals surface area contributed by atoms with Crippen molar-refractivity contribution in [2.75, 3.05) is 7.05 Å². The lowest BCUT2D eigenvalue weighted by atomic mass is 9.85. The maximum atomic E-state index is 3.44. The van der Waals surface area contributed by atoms with E-state index in [1.54, 1.807) is 0 Å². The van der Waals surface area contributed by atoms with Gasteiger partial charge in [-0.15, -0.1) is 0 Å². The van der Waals surface area contributed by atoms with E-state index < -0.39 is 0 Å². The molecule has 0 bridgehead atoms. The minimum absolute atomic E-state index is 0.125. The lowest BCUT2D eigenvalue weighted by Gasteiger charge is -2.31. The molecular formula is C13H21N. The monoisotopic (exact) mass is 191 g/mol. The van der Waals surface area contributed by atoms with E-state index in [0.29, 0.717) is 0 Å². The zero-order valence-corrected chi connectivity index (χ0v) is 9.72. The number of rotatable bonds is 4. The van der Waals surface area contributed by atoms with Crippen LogP contribution in [0.5, 0.6) is 0 Å². The van der Waals surface area contributed by atoms with E-state index in [0.717, 1.165) is 0 Å². The summed E-state index contributed by atoms with van der Waals surface area (Å²) in [7, 11) is 2.04. The molecule has 0 saturated heterocycles. The summed E-state index contributed by atoms with van der Waals surface area (Å²) in [6.07, 6.45) is 2.38. The van der Waals surface area contributed by atoms with Crippen molar-refractivity contribution in [3.8, 4) is 0 Å². The molecule has 1 nitrogen and oxygen atoms in total. The minimum atomic E-state index is 0.125. The van der Waals surface area contributed by atoms with E-state index in [1.165, 1.54) is 24.0 Å². The summed E-state index contributed by atoms with van der Waals surface area (Å²) in [5, 5.41) is 3.44. The molecule has 78 valence electrons. The Hall–Kier alpha value is -0.820. The van der Waals surface area contributed by atoms with E-state index >= 15 is 0 Å². The molecule has 1 aromatic rings. The molecule has 0 heterocycles. The van der Waals surface area contributed by atoms with Gasteiger partial charge in [-0.1, -0.05) is 37.6 Å². The lowest BCUT2D eigenvalue weighted by Crippen LogP contribution is -2.37. The molecule has 1 atom stereocenters. The van der Waals surface area contributed by atoms with Crippen LogP contribution in [0.3, 0.4) is 0 Å². The normalized spacial score (nSPS) is 15.1. The zero-order chi connectivity index (χ0) is 10.6. The Balaban J connectivity index is 3.05. The van der Waals surface area contributed by atoms with Gasteiger partial charge in [-0.3, -0.25) is 0 Å². The highest BCUT2D eigenvalue weighted by Crippen LogP contribution is 2.27. The van der Waals surface area contributed by atoms with Crippen LogP contribution in [-0.4, -0.2) is 7.05 Å². The maximum Gasteiger partial charge on any atom is 0.0406 e. The molecule has 0 fully saturated rings. The van der Waals surface area contributed by atoms with Crippen molar-refractivity contribution in [1.82, 2.24) is 5.32 Å². The summed E-state index contributed by atoms with van der Waals surface area (Å²) in [6, 6.07) is 8.62. The highest BCUT2D eigenvalue weighted by atomic mass is 14.9. The van der Waals surface area contributed by atoms with Crippen molar-refractivity contribution >= 4 is 0 Å². The topological polar surface area (TPSA) is 12.0 Å². The largest absolute Gasteiger partial charge is 0.311 e. The van der Waals surface area contributed by atoms with Crippen LogP contribution >= 0.6 is 0 Å². The molecule has 1 aromatic carbocycles. The van der Waals surface area contributed by atoms with Crippen LogP contribution in [0.25, 0.3) is 0 Å². The maximum absolute atomic E-state index is 3.44. The molecule has 1 rings (SSSR count). The van der Waals surface area contributed by atoms with Gasteiger partial charge in [0.1, 0.15) is 0 Å². The van der Waals surface area contributed by atoms with E-state index in [1.807, 2.05) is 7.05 Å². The van der Waals surface area contributed by atoms with Gasteiger partial charge in [0.2, 0.25) is 0 Å². The van der Waals surface area contributed by atoms with Crippen molar-refractivity contribution in [2.45, 2.75) is 39.2 Å². The first-order valence-electron chi connectivity index (χ1n) is 5.39. The van der Waals surface area contributed by atoms with Gasteiger partial charge < -0.3 is 5.32 Å². The third-order valence-electron chi connectivity index (χ3n) is 3.04. The first-order chi connectivity index (χ1) is 6.64. The number of hydrogen-bond acceptors (Lipinski definition) is 1. The fourth-order valence-corrected chi connectivity index (χ4v) is 2.09. The molecule has 0 saturated carbocycles. The standard InChI is InChI=1S/C13H21N/c1-5-10-13(3,14-4)12-9-7-6-8-11(12)2/h6-9,14H,5,10H2,1-4H3. The molecule has 14 heavy (non-hydrogen) atoms. The van der Waals surface area contributed by atoms with Gasteiger partial charge in [0.05, 0.1) is 0 Å². The number of hydrogen-bond donors (Lipinski definition) is 1. The van der Waals surface area contributed by atoms with Gasteiger partial charge in [0.25, 0.3) is 0 Å². The second kappa shape index (κ2) is 4.61. The molecule has 0 aliphatic carbocycles. The summed E-state index contributed by atoms with van der Waals surface area (Å²) in [5.41, 5.74) is 2.92. The number of benzene rings is 1. The van der Waals surface area contributed by atoms with Crippen molar-refractivity contribution in [3.63, 3.8) is 0 Å². The highest BCUT2D eigenvalue weighted by Gasteiger charge is 2.24. The third-order valence-corrected chi connectivity index (χ3v) is 3.04. The molecule has 1 N–H and O–H groups in total. The first kappa shape index (κ1) is 11.3. The van der Waals surface area contributed by atoms with Crippen LogP contribution in [0.1, 0.15) is 37.8 Å². The Kier molecular flexibility index (Phi) is 3.70. The SMILES string of the molecule is CCCC(C)(NC)c1ccccc1C. The van der Waals surface area contributed by atoms with Gasteiger partial charge in [0.15, 0.2) is 0 Å². The van der Waals surface area contributed by atoms with Crippen LogP contribution in [0.4, 0.5) is 0 Å². The fraction of sp³-hybridized carbons (Fsp3) is 0.538. The van der Waals surface area contributed by atoms with Crippen molar-refractivity contribution < 1.29 is 0 Å². The minimum Gasteiger partial charge on any atom is -0.311 e. The summed E-state index contributed by atoms with van der Waals surface area (Å²) in [6.45, 7) is 6.69. The summed E-state index contributed by atoms with van der Waals surface area (Å²) in [5.74, 6) is 0. The van der Waals surface area contributed by atoms with Crippen LogP contribution in [0.15, 0.2) is 24.3 Å². The molecule has 0 amide bonds. The predicted molar refractivity (Wildman–Crippen MR) is 62.5 cm³/mol. The Bertz CT molecular complexity index is 293. The lowest BCUT2D eigenvalue weighted by molar-refractivity contribution is 0.363. The third kappa shape index (κ3) is 2.16. The van der Waals surface area contributed by atoms with E-state index in [2.05, 4.69) is 50.4 Å². The highest BCUT2D eigenvalue weighted by molar-refractivity contribution is 5.32. The second-order valence-electron chi connectivity index (χ2n) is 4.15. The molecule has 1 heteroatoms. The van der Waals surface area contributed by atoms with Crippen LogP contribution in [0, 0.1) is 6.92 Å². The van der Waals surface area contributed by atoms with Gasteiger partial charge in [0, 0.05) is 5.54 Å². The Morgan fingerprint density at radius 1 is 1.29 bits per heavy atom. The van der Waals surface area contributed by atoms with Crippen LogP contribution < -0.4 is 5.32 Å². The molecule has 0 aliphatic rings. The molecule has 1 unspecified atom stereocenters. The molecule has 0 radical (unpaired) electrons. The Morgan fingerprint density at radius 2 is 1.93 bits per heavy atom. The van der Waals surface area contributed by atoms with Crippen LogP contribution in [0.2, 0.25) is 0 Å². The Labute approximate surface area is 87.5 Å². The number of nitrogens with one attached hydrogen (secondary N) is 1. The second-order valence-corrected chi connectivity index (χ2v) is 4.15. The van der Waals surface area contributed by atoms with Gasteiger partial charge >= 0.3 is 0 Å². The Morgan fingerprint density at radius 3 is 2.43 bits per heavy atom. The smallest absolute Gasteiger partial charge is 0.0406 e. The summed E-state index contributed by atoms with van der Waals surface area (Å²) < 4.78 is 0. The molecular weight excluding hydrogens is 170 g/mol. The van der Waals surface area contributed by atoms with E-state index in [-0.39, 0.29) is 5.54 Å². The van der Waals surface area contributed by atoms with Gasteiger partial charge in [-0.05, 0) is 38.4 Å². The van der Waals surface area contributed by atoms with Crippen molar-refractivity contribution in [1.29, 1.82) is 0 Å². The number of aryl methyl sites for hydroxylation is 1. The molecule has 0 aromatic heterocycles. The van der Waals surface area contributed by atoms with Crippen LogP contribution in [-0.2, 0) is 5.54 Å². The van der Waals surface area contributed by atoms with Crippen molar-refractivity contribution in [2.24, 2.45) is 0 Å².